The van der Waals surface area contributed by atoms with Gasteiger partial charge in [0.1, 0.15) is 11.8 Å². The molecule has 0 fully saturated rings. The van der Waals surface area contributed by atoms with Gasteiger partial charge >= 0.3 is 5.97 Å². The number of carbonyl (C=O) groups is 3. The van der Waals surface area contributed by atoms with Crippen molar-refractivity contribution >= 4 is 25.2 Å². The highest BCUT2D eigenvalue weighted by atomic mass is 31.2. The van der Waals surface area contributed by atoms with Gasteiger partial charge in [-0.25, -0.2) is 4.98 Å². The van der Waals surface area contributed by atoms with Crippen LogP contribution in [0.1, 0.15) is 38.4 Å². The lowest BCUT2D eigenvalue weighted by atomic mass is 10.0. The van der Waals surface area contributed by atoms with Crippen molar-refractivity contribution in [3.63, 3.8) is 0 Å². The summed E-state index contributed by atoms with van der Waals surface area (Å²) in [5.74, 6) is -4.53. The molecule has 0 radical (unpaired) electrons. The second kappa shape index (κ2) is 12.5. The molecular formula is C23H33N4O6P. The number of imidazole rings is 1. The number of benzene rings is 1. The molecule has 34 heavy (non-hydrogen) atoms. The summed E-state index contributed by atoms with van der Waals surface area (Å²) in [6, 6.07) is 7.89. The van der Waals surface area contributed by atoms with Crippen LogP contribution < -0.4 is 10.6 Å². The Morgan fingerprint density at radius 2 is 1.79 bits per heavy atom. The number of hydrogen-bond acceptors (Lipinski definition) is 5. The van der Waals surface area contributed by atoms with Gasteiger partial charge in [-0.15, -0.1) is 0 Å². The molecule has 5 N–H and O–H groups in total. The van der Waals surface area contributed by atoms with Gasteiger partial charge in [0.25, 0.3) is 0 Å². The van der Waals surface area contributed by atoms with Crippen molar-refractivity contribution < 1.29 is 28.9 Å². The van der Waals surface area contributed by atoms with Crippen molar-refractivity contribution in [2.45, 2.75) is 51.9 Å². The van der Waals surface area contributed by atoms with Crippen LogP contribution in [0.4, 0.5) is 0 Å². The van der Waals surface area contributed by atoms with E-state index in [1.165, 1.54) is 19.4 Å². The number of rotatable bonds is 13. The van der Waals surface area contributed by atoms with Crippen molar-refractivity contribution in [1.82, 2.24) is 20.6 Å². The van der Waals surface area contributed by atoms with Gasteiger partial charge in [-0.05, 0) is 24.3 Å². The summed E-state index contributed by atoms with van der Waals surface area (Å²) in [5, 5.41) is 14.9. The zero-order valence-electron chi connectivity index (χ0n) is 19.6. The molecule has 2 aromatic rings. The standard InChI is InChI=1S/C23H33N4O6P/c1-15(2)9-21(27-22(29)20(26-16(3)28)11-19-12-24-14-25-19)34(32,33)13-18(23(30)31)10-17-7-5-4-6-8-17/h4-8,12,14-15,18,20-21H,9-11,13H2,1-3H3,(H,24,25)(H,26,28)(H,27,29)(H,30,31)(H,32,33). The summed E-state index contributed by atoms with van der Waals surface area (Å²) in [4.78, 5) is 54.3. The summed E-state index contributed by atoms with van der Waals surface area (Å²) < 4.78 is 13.4. The molecule has 0 saturated heterocycles. The first-order valence-electron chi connectivity index (χ1n) is 11.1. The maximum absolute atomic E-state index is 13.4. The number of nitrogens with one attached hydrogen (secondary N) is 3. The Bertz CT molecular complexity index is 996. The molecule has 2 rings (SSSR count). The van der Waals surface area contributed by atoms with Crippen molar-refractivity contribution in [2.24, 2.45) is 11.8 Å². The van der Waals surface area contributed by atoms with Crippen LogP contribution in [0.25, 0.3) is 0 Å². The second-order valence-electron chi connectivity index (χ2n) is 8.85. The number of carboxylic acids is 1. The Kier molecular flexibility index (Phi) is 10.0. The van der Waals surface area contributed by atoms with E-state index < -0.39 is 49.1 Å². The van der Waals surface area contributed by atoms with Crippen molar-refractivity contribution in [3.05, 3.63) is 54.1 Å². The number of carbonyl (C=O) groups excluding carboxylic acids is 2. The molecule has 0 aliphatic heterocycles. The van der Waals surface area contributed by atoms with Crippen molar-refractivity contribution in [1.29, 1.82) is 0 Å². The highest BCUT2D eigenvalue weighted by molar-refractivity contribution is 7.58. The molecule has 4 atom stereocenters. The molecule has 11 heteroatoms. The Balaban J connectivity index is 2.21. The molecule has 10 nitrogen and oxygen atoms in total. The SMILES string of the molecule is CC(=O)NC(Cc1cnc[nH]1)C(=O)NC(CC(C)C)P(=O)(O)CC(Cc1ccccc1)C(=O)O. The molecule has 4 unspecified atom stereocenters. The van der Waals surface area contributed by atoms with Crippen LogP contribution in [0.15, 0.2) is 42.9 Å². The van der Waals surface area contributed by atoms with Gasteiger partial charge in [-0.1, -0.05) is 44.2 Å². The molecule has 0 saturated carbocycles. The summed E-state index contributed by atoms with van der Waals surface area (Å²) in [5.41, 5.74) is 1.35. The first-order valence-corrected chi connectivity index (χ1v) is 13.0. The smallest absolute Gasteiger partial charge is 0.307 e. The predicted molar refractivity (Wildman–Crippen MR) is 127 cm³/mol. The number of amides is 2. The third-order valence-corrected chi connectivity index (χ3v) is 7.60. The van der Waals surface area contributed by atoms with Crippen LogP contribution in [0.3, 0.4) is 0 Å². The zero-order chi connectivity index (χ0) is 25.3. The maximum Gasteiger partial charge on any atom is 0.307 e. The van der Waals surface area contributed by atoms with E-state index in [2.05, 4.69) is 20.6 Å². The second-order valence-corrected chi connectivity index (χ2v) is 11.4. The van der Waals surface area contributed by atoms with Crippen LogP contribution in [-0.4, -0.2) is 55.7 Å². The molecule has 1 aromatic heterocycles. The monoisotopic (exact) mass is 492 g/mol. The van der Waals surface area contributed by atoms with E-state index in [1.807, 2.05) is 13.8 Å². The highest BCUT2D eigenvalue weighted by Gasteiger charge is 2.38. The Labute approximate surface area is 199 Å². The van der Waals surface area contributed by atoms with Gasteiger partial charge < -0.3 is 25.6 Å². The lowest BCUT2D eigenvalue weighted by Crippen LogP contribution is -2.50. The fourth-order valence-corrected chi connectivity index (χ4v) is 5.93. The maximum atomic E-state index is 13.4. The van der Waals surface area contributed by atoms with Gasteiger partial charge in [0.15, 0.2) is 0 Å². The van der Waals surface area contributed by atoms with Crippen molar-refractivity contribution in [3.8, 4) is 0 Å². The zero-order valence-corrected chi connectivity index (χ0v) is 20.5. The lowest BCUT2D eigenvalue weighted by molar-refractivity contribution is -0.141. The van der Waals surface area contributed by atoms with Gasteiger partial charge in [0, 0.05) is 31.4 Å². The van der Waals surface area contributed by atoms with Gasteiger partial charge in [0.05, 0.1) is 12.2 Å². The summed E-state index contributed by atoms with van der Waals surface area (Å²) in [7, 11) is -4.15. The van der Waals surface area contributed by atoms with Gasteiger partial charge in [-0.2, -0.15) is 0 Å². The van der Waals surface area contributed by atoms with E-state index >= 15 is 0 Å². The molecule has 1 aromatic carbocycles. The number of carboxylic acid groups (broad SMARTS) is 1. The Morgan fingerprint density at radius 3 is 2.32 bits per heavy atom. The third kappa shape index (κ3) is 8.76. The molecule has 0 bridgehead atoms. The number of aliphatic carboxylic acids is 1. The molecule has 1 heterocycles. The number of nitrogens with zero attached hydrogens (tertiary/aromatic N) is 1. The van der Waals surface area contributed by atoms with Crippen LogP contribution in [0.2, 0.25) is 0 Å². The first-order chi connectivity index (χ1) is 16.0. The fraction of sp³-hybridized carbons (Fsp3) is 0.478. The third-order valence-electron chi connectivity index (χ3n) is 5.32. The topological polar surface area (TPSA) is 161 Å². The van der Waals surface area contributed by atoms with Crippen LogP contribution in [0, 0.1) is 11.8 Å². The van der Waals surface area contributed by atoms with E-state index in [0.29, 0.717) is 5.69 Å². The first kappa shape index (κ1) is 27.3. The summed E-state index contributed by atoms with van der Waals surface area (Å²) >= 11 is 0. The highest BCUT2D eigenvalue weighted by Crippen LogP contribution is 2.49. The minimum Gasteiger partial charge on any atom is -0.481 e. The lowest BCUT2D eigenvalue weighted by Gasteiger charge is -2.29. The van der Waals surface area contributed by atoms with Crippen molar-refractivity contribution in [2.75, 3.05) is 6.16 Å². The molecule has 0 aliphatic carbocycles. The Hall–Kier alpha value is -2.97. The number of aromatic amines is 1. The minimum atomic E-state index is -4.15. The van der Waals surface area contributed by atoms with Crippen LogP contribution in [0.5, 0.6) is 0 Å². The minimum absolute atomic E-state index is 0.0463. The van der Waals surface area contributed by atoms with E-state index in [9.17, 15) is 28.9 Å². The number of H-pyrrole nitrogens is 1. The molecule has 2 amide bonds. The van der Waals surface area contributed by atoms with Crippen LogP contribution in [-0.2, 0) is 31.8 Å². The fourth-order valence-electron chi connectivity index (χ4n) is 3.68. The van der Waals surface area contributed by atoms with Crippen LogP contribution >= 0.6 is 7.37 Å². The molecule has 186 valence electrons. The molecule has 0 spiro atoms. The molecular weight excluding hydrogens is 459 g/mol. The van der Waals surface area contributed by atoms with E-state index in [0.717, 1.165) is 5.56 Å². The average Bonchev–Trinajstić information content (AvgIpc) is 3.25. The summed E-state index contributed by atoms with van der Waals surface area (Å²) in [6.07, 6.45) is 2.86. The summed E-state index contributed by atoms with van der Waals surface area (Å²) in [6.45, 7) is 4.96. The van der Waals surface area contributed by atoms with Gasteiger partial charge in [-0.3, -0.25) is 18.9 Å². The van der Waals surface area contributed by atoms with E-state index in [4.69, 9.17) is 0 Å². The quantitative estimate of drug-likeness (QED) is 0.268. The number of hydrogen-bond donors (Lipinski definition) is 5. The van der Waals surface area contributed by atoms with E-state index in [1.54, 1.807) is 30.3 Å². The van der Waals surface area contributed by atoms with Gasteiger partial charge in [0.2, 0.25) is 19.2 Å². The normalized spacial score (nSPS) is 15.7. The number of aromatic nitrogens is 2. The average molecular weight is 493 g/mol. The largest absolute Gasteiger partial charge is 0.481 e. The Morgan fingerprint density at radius 1 is 1.12 bits per heavy atom. The van der Waals surface area contributed by atoms with E-state index in [-0.39, 0.29) is 25.2 Å². The molecule has 0 aliphatic rings. The predicted octanol–water partition coefficient (Wildman–Crippen LogP) is 2.16.